The van der Waals surface area contributed by atoms with Gasteiger partial charge >= 0.3 is 12.0 Å². The van der Waals surface area contributed by atoms with E-state index in [2.05, 4.69) is 22.3 Å². The highest BCUT2D eigenvalue weighted by Crippen LogP contribution is 2.40. The van der Waals surface area contributed by atoms with Crippen LogP contribution in [0.1, 0.15) is 45.5 Å². The van der Waals surface area contributed by atoms with Gasteiger partial charge in [0.2, 0.25) is 0 Å². The number of methoxy groups -OCH3 is 1. The highest BCUT2D eigenvalue weighted by molar-refractivity contribution is 6.30. The average Bonchev–Trinajstić information content (AvgIpc) is 3.75. The molecule has 7 nitrogen and oxygen atoms in total. The molecule has 3 aromatic carbocycles. The lowest BCUT2D eigenvalue weighted by Gasteiger charge is -2.36. The quantitative estimate of drug-likeness (QED) is 0.370. The Morgan fingerprint density at radius 3 is 2.31 bits per heavy atom. The summed E-state index contributed by atoms with van der Waals surface area (Å²) in [6, 6.07) is 25.6. The van der Waals surface area contributed by atoms with Crippen LogP contribution in [0.25, 0.3) is 0 Å². The van der Waals surface area contributed by atoms with Gasteiger partial charge in [0.15, 0.2) is 0 Å². The number of hydrogen-bond donors (Lipinski definition) is 1. The van der Waals surface area contributed by atoms with Crippen LogP contribution >= 0.6 is 11.6 Å². The minimum Gasteiger partial charge on any atom is -0.465 e. The third kappa shape index (κ3) is 7.18. The second-order valence-corrected chi connectivity index (χ2v) is 10.6. The number of halogens is 1. The first kappa shape index (κ1) is 27.2. The minimum atomic E-state index is -0.359. The second-order valence-electron chi connectivity index (χ2n) is 10.1. The Morgan fingerprint density at radius 1 is 0.949 bits per heavy atom. The minimum absolute atomic E-state index is 0.0268. The molecular formula is C31H34ClN3O4. The van der Waals surface area contributed by atoms with Gasteiger partial charge in [-0.3, -0.25) is 4.90 Å². The second kappa shape index (κ2) is 12.6. The van der Waals surface area contributed by atoms with Gasteiger partial charge in [-0.1, -0.05) is 66.2 Å². The zero-order valence-electron chi connectivity index (χ0n) is 22.1. The molecule has 0 aromatic heterocycles. The fourth-order valence-electron chi connectivity index (χ4n) is 5.02. The van der Waals surface area contributed by atoms with Gasteiger partial charge in [0.1, 0.15) is 0 Å². The highest BCUT2D eigenvalue weighted by atomic mass is 35.5. The van der Waals surface area contributed by atoms with Crippen molar-refractivity contribution < 1.29 is 19.1 Å². The van der Waals surface area contributed by atoms with E-state index in [4.69, 9.17) is 21.1 Å². The summed E-state index contributed by atoms with van der Waals surface area (Å²) in [5, 5.41) is 3.90. The Balaban J connectivity index is 1.13. The van der Waals surface area contributed by atoms with Crippen molar-refractivity contribution in [3.8, 4) is 0 Å². The lowest BCUT2D eigenvalue weighted by atomic mass is 10.1. The lowest BCUT2D eigenvalue weighted by Crippen LogP contribution is -2.52. The molecule has 3 atom stereocenters. The van der Waals surface area contributed by atoms with Gasteiger partial charge in [0, 0.05) is 49.7 Å². The predicted octanol–water partition coefficient (Wildman–Crippen LogP) is 5.27. The Kier molecular flexibility index (Phi) is 8.81. The molecule has 39 heavy (non-hydrogen) atoms. The van der Waals surface area contributed by atoms with Gasteiger partial charge in [0.25, 0.3) is 0 Å². The molecule has 0 unspecified atom stereocenters. The zero-order valence-corrected chi connectivity index (χ0v) is 22.8. The Labute approximate surface area is 234 Å². The third-order valence-corrected chi connectivity index (χ3v) is 7.73. The van der Waals surface area contributed by atoms with Crippen molar-refractivity contribution in [3.05, 3.63) is 106 Å². The molecule has 1 aliphatic carbocycles. The number of nitrogens with zero attached hydrogens (tertiary/aromatic N) is 2. The van der Waals surface area contributed by atoms with Crippen molar-refractivity contribution in [3.63, 3.8) is 0 Å². The molecule has 2 amide bonds. The summed E-state index contributed by atoms with van der Waals surface area (Å²) < 4.78 is 11.2. The van der Waals surface area contributed by atoms with Gasteiger partial charge < -0.3 is 19.7 Å². The van der Waals surface area contributed by atoms with E-state index in [1.54, 1.807) is 12.1 Å². The van der Waals surface area contributed by atoms with E-state index < -0.39 is 0 Å². The van der Waals surface area contributed by atoms with Gasteiger partial charge in [-0.05, 0) is 47.4 Å². The standard InChI is InChI=1S/C31H34ClN3O4/c1-38-30(36)25-9-7-22(8-10-25)21-39-29(24-11-13-26(32)14-12-24)20-34-15-17-35(18-16-34)31(37)33-28-19-27(28)23-5-3-2-4-6-23/h2-14,27-29H,15-21H2,1H3,(H,33,37)/t27-,28+,29+/m0/s1. The number of benzene rings is 3. The van der Waals surface area contributed by atoms with Crippen LogP contribution in [-0.2, 0) is 16.1 Å². The van der Waals surface area contributed by atoms with Crippen molar-refractivity contribution in [2.75, 3.05) is 39.8 Å². The molecule has 1 aliphatic heterocycles. The van der Waals surface area contributed by atoms with Crippen molar-refractivity contribution in [1.29, 1.82) is 0 Å². The average molecular weight is 548 g/mol. The Hall–Kier alpha value is -3.39. The molecule has 1 heterocycles. The summed E-state index contributed by atoms with van der Waals surface area (Å²) in [7, 11) is 1.37. The summed E-state index contributed by atoms with van der Waals surface area (Å²) in [5.74, 6) is 0.0628. The van der Waals surface area contributed by atoms with Crippen molar-refractivity contribution >= 4 is 23.6 Å². The summed E-state index contributed by atoms with van der Waals surface area (Å²) in [6.07, 6.45) is 0.836. The van der Waals surface area contributed by atoms with Crippen LogP contribution < -0.4 is 5.32 Å². The summed E-state index contributed by atoms with van der Waals surface area (Å²) in [4.78, 5) is 28.9. The van der Waals surface area contributed by atoms with Crippen LogP contribution in [0.2, 0.25) is 5.02 Å². The number of ether oxygens (including phenoxy) is 2. The van der Waals surface area contributed by atoms with E-state index in [1.807, 2.05) is 59.5 Å². The molecule has 0 radical (unpaired) electrons. The summed E-state index contributed by atoms with van der Waals surface area (Å²) in [6.45, 7) is 4.02. The maximum absolute atomic E-state index is 12.9. The van der Waals surface area contributed by atoms with Crippen LogP contribution in [0, 0.1) is 0 Å². The van der Waals surface area contributed by atoms with Crippen molar-refractivity contribution in [2.45, 2.75) is 31.1 Å². The third-order valence-electron chi connectivity index (χ3n) is 7.48. The van der Waals surface area contributed by atoms with E-state index in [9.17, 15) is 9.59 Å². The van der Waals surface area contributed by atoms with Crippen molar-refractivity contribution in [1.82, 2.24) is 15.1 Å². The molecule has 1 saturated heterocycles. The monoisotopic (exact) mass is 547 g/mol. The van der Waals surface area contributed by atoms with Crippen molar-refractivity contribution in [2.24, 2.45) is 0 Å². The van der Waals surface area contributed by atoms with Gasteiger partial charge in [-0.2, -0.15) is 0 Å². The maximum Gasteiger partial charge on any atom is 0.337 e. The molecule has 5 rings (SSSR count). The first-order valence-electron chi connectivity index (χ1n) is 13.4. The number of amides is 2. The Morgan fingerprint density at radius 2 is 1.64 bits per heavy atom. The molecule has 204 valence electrons. The smallest absolute Gasteiger partial charge is 0.337 e. The molecule has 2 fully saturated rings. The molecule has 2 aliphatic rings. The van der Waals surface area contributed by atoms with E-state index >= 15 is 0 Å². The van der Waals surface area contributed by atoms with Crippen LogP contribution in [0.3, 0.4) is 0 Å². The first-order chi connectivity index (χ1) is 19.0. The molecule has 0 bridgehead atoms. The number of rotatable bonds is 9. The van der Waals surface area contributed by atoms with Crippen LogP contribution in [0.4, 0.5) is 4.79 Å². The fourth-order valence-corrected chi connectivity index (χ4v) is 5.15. The number of nitrogens with one attached hydrogen (secondary N) is 1. The number of carbonyl (C=O) groups is 2. The van der Waals surface area contributed by atoms with E-state index in [1.165, 1.54) is 12.7 Å². The molecule has 0 spiro atoms. The molecule has 8 heteroatoms. The maximum atomic E-state index is 12.9. The van der Waals surface area contributed by atoms with Gasteiger partial charge in [0.05, 0.1) is 25.4 Å². The van der Waals surface area contributed by atoms with Crippen LogP contribution in [0.15, 0.2) is 78.9 Å². The highest BCUT2D eigenvalue weighted by Gasteiger charge is 2.40. The van der Waals surface area contributed by atoms with E-state index in [0.717, 1.165) is 30.6 Å². The normalized spacial score (nSPS) is 19.8. The SMILES string of the molecule is COC(=O)c1ccc(CO[C@H](CN2CCN(C(=O)N[C@@H]3C[C@H]3c3ccccc3)CC2)c2ccc(Cl)cc2)cc1. The molecular weight excluding hydrogens is 514 g/mol. The lowest BCUT2D eigenvalue weighted by molar-refractivity contribution is 0.00554. The largest absolute Gasteiger partial charge is 0.465 e. The Bertz CT molecular complexity index is 1250. The molecule has 3 aromatic rings. The molecule has 1 N–H and O–H groups in total. The summed E-state index contributed by atoms with van der Waals surface area (Å²) in [5.41, 5.74) is 3.82. The number of hydrogen-bond acceptors (Lipinski definition) is 5. The van der Waals surface area contributed by atoms with E-state index in [0.29, 0.717) is 42.7 Å². The number of urea groups is 1. The van der Waals surface area contributed by atoms with Gasteiger partial charge in [-0.15, -0.1) is 0 Å². The van der Waals surface area contributed by atoms with E-state index in [-0.39, 0.29) is 24.1 Å². The predicted molar refractivity (Wildman–Crippen MR) is 151 cm³/mol. The fraction of sp³-hybridized carbons (Fsp3) is 0.355. The number of esters is 1. The number of piperazine rings is 1. The summed E-state index contributed by atoms with van der Waals surface area (Å²) >= 11 is 6.13. The molecule has 1 saturated carbocycles. The van der Waals surface area contributed by atoms with Gasteiger partial charge in [-0.25, -0.2) is 9.59 Å². The zero-order chi connectivity index (χ0) is 27.2. The number of carbonyl (C=O) groups excluding carboxylic acids is 2. The first-order valence-corrected chi connectivity index (χ1v) is 13.7. The van der Waals surface area contributed by atoms with Crippen LogP contribution in [-0.4, -0.2) is 67.7 Å². The van der Waals surface area contributed by atoms with Crippen LogP contribution in [0.5, 0.6) is 0 Å². The topological polar surface area (TPSA) is 71.1 Å².